The average molecular weight is 568 g/mol. The van der Waals surface area contributed by atoms with Crippen LogP contribution in [-0.4, -0.2) is 19.2 Å². The number of halogens is 2. The molecule has 0 spiro atoms. The molecule has 1 amide bonds. The highest BCUT2D eigenvalue weighted by atomic mass is 35.5. The fourth-order valence-corrected chi connectivity index (χ4v) is 4.93. The van der Waals surface area contributed by atoms with Crippen molar-refractivity contribution in [3.05, 3.63) is 128 Å². The quantitative estimate of drug-likeness (QED) is 0.104. The molecule has 0 aliphatic heterocycles. The molecule has 0 aliphatic rings. The lowest BCUT2D eigenvalue weighted by Crippen LogP contribution is -2.15. The van der Waals surface area contributed by atoms with E-state index in [4.69, 9.17) is 23.2 Å². The molecule has 38 heavy (non-hydrogen) atoms. The van der Waals surface area contributed by atoms with Crippen LogP contribution in [-0.2, 0) is 14.8 Å². The van der Waals surface area contributed by atoms with Gasteiger partial charge in [0.05, 0.1) is 25.6 Å². The van der Waals surface area contributed by atoms with Crippen molar-refractivity contribution in [3.63, 3.8) is 0 Å². The monoisotopic (exact) mass is 567 g/mol. The molecular weight excluding hydrogens is 549 g/mol. The minimum absolute atomic E-state index is 0.0451. The number of non-ortho nitro benzene ring substituents is 1. The summed E-state index contributed by atoms with van der Waals surface area (Å²) < 4.78 is 28.0. The number of benzene rings is 4. The largest absolute Gasteiger partial charge is 0.322 e. The predicted molar refractivity (Wildman–Crippen MR) is 150 cm³/mol. The van der Waals surface area contributed by atoms with Gasteiger partial charge in [0.25, 0.3) is 21.6 Å². The Morgan fingerprint density at radius 3 is 2.13 bits per heavy atom. The summed E-state index contributed by atoms with van der Waals surface area (Å²) in [5, 5.41) is 14.0. The molecular formula is C27H19Cl2N3O5S. The molecule has 0 radical (unpaired) electrons. The number of nitrogens with one attached hydrogen (secondary N) is 2. The van der Waals surface area contributed by atoms with Crippen LogP contribution >= 0.6 is 23.2 Å². The molecule has 0 aromatic heterocycles. The normalized spacial score (nSPS) is 11.6. The molecule has 4 aromatic rings. The molecule has 2 N–H and O–H groups in total. The van der Waals surface area contributed by atoms with E-state index in [1.807, 2.05) is 6.07 Å². The summed E-state index contributed by atoms with van der Waals surface area (Å²) in [5.41, 5.74) is 1.98. The number of carbonyl (C=O) groups is 1. The maximum absolute atomic E-state index is 13.2. The van der Waals surface area contributed by atoms with Crippen LogP contribution in [0.5, 0.6) is 0 Å². The van der Waals surface area contributed by atoms with E-state index < -0.39 is 20.9 Å². The molecule has 0 saturated heterocycles. The maximum Gasteiger partial charge on any atom is 0.269 e. The molecule has 192 valence electrons. The molecule has 4 rings (SSSR count). The number of nitro groups is 1. The Morgan fingerprint density at radius 2 is 1.50 bits per heavy atom. The Bertz CT molecular complexity index is 1620. The smallest absolute Gasteiger partial charge is 0.269 e. The minimum Gasteiger partial charge on any atom is -0.322 e. The molecule has 8 nitrogen and oxygen atoms in total. The Morgan fingerprint density at radius 1 is 0.842 bits per heavy atom. The molecule has 11 heteroatoms. The first-order valence-electron chi connectivity index (χ1n) is 11.0. The Balaban J connectivity index is 1.56. The topological polar surface area (TPSA) is 118 Å². The molecule has 0 atom stereocenters. The van der Waals surface area contributed by atoms with E-state index in [1.54, 1.807) is 54.6 Å². The van der Waals surface area contributed by atoms with Crippen molar-refractivity contribution in [2.45, 2.75) is 4.90 Å². The zero-order chi connectivity index (χ0) is 27.3. The molecule has 0 fully saturated rings. The predicted octanol–water partition coefficient (Wildman–Crippen LogP) is 6.88. The van der Waals surface area contributed by atoms with E-state index in [-0.39, 0.29) is 26.3 Å². The van der Waals surface area contributed by atoms with Gasteiger partial charge in [-0.3, -0.25) is 19.6 Å². The SMILES string of the molecule is O=C(Nc1ccc(S(=O)(=O)Nc2cccc(Cl)c2Cl)cc1)/C(=C/c1ccc([N+](=O)[O-])cc1)c1ccccc1. The van der Waals surface area contributed by atoms with Crippen molar-refractivity contribution in [3.8, 4) is 0 Å². The van der Waals surface area contributed by atoms with Gasteiger partial charge in [-0.05, 0) is 65.7 Å². The number of carbonyl (C=O) groups excluding carboxylic acids is 1. The van der Waals surface area contributed by atoms with E-state index in [2.05, 4.69) is 10.0 Å². The van der Waals surface area contributed by atoms with Crippen LogP contribution in [0, 0.1) is 10.1 Å². The van der Waals surface area contributed by atoms with Crippen LogP contribution in [0.25, 0.3) is 11.6 Å². The van der Waals surface area contributed by atoms with Gasteiger partial charge < -0.3 is 5.32 Å². The first kappa shape index (κ1) is 26.9. The molecule has 0 bridgehead atoms. The van der Waals surface area contributed by atoms with Crippen LogP contribution < -0.4 is 10.0 Å². The zero-order valence-corrected chi connectivity index (χ0v) is 21.8. The van der Waals surface area contributed by atoms with Gasteiger partial charge >= 0.3 is 0 Å². The van der Waals surface area contributed by atoms with Crippen LogP contribution in [0.2, 0.25) is 10.0 Å². The summed E-state index contributed by atoms with van der Waals surface area (Å²) in [7, 11) is -3.97. The van der Waals surface area contributed by atoms with Gasteiger partial charge in [-0.1, -0.05) is 59.6 Å². The summed E-state index contributed by atoms with van der Waals surface area (Å²) in [5.74, 6) is -0.450. The molecule has 0 saturated carbocycles. The number of rotatable bonds is 8. The van der Waals surface area contributed by atoms with Crippen LogP contribution in [0.1, 0.15) is 11.1 Å². The number of amides is 1. The second-order valence-corrected chi connectivity index (χ2v) is 10.4. The highest BCUT2D eigenvalue weighted by Gasteiger charge is 2.18. The Hall–Kier alpha value is -4.18. The fourth-order valence-electron chi connectivity index (χ4n) is 3.46. The second kappa shape index (κ2) is 11.5. The molecule has 0 aliphatic carbocycles. The zero-order valence-electron chi connectivity index (χ0n) is 19.5. The van der Waals surface area contributed by atoms with Crippen molar-refractivity contribution < 1.29 is 18.1 Å². The molecule has 0 heterocycles. The highest BCUT2D eigenvalue weighted by molar-refractivity contribution is 7.92. The lowest BCUT2D eigenvalue weighted by atomic mass is 10.0. The average Bonchev–Trinajstić information content (AvgIpc) is 2.91. The number of hydrogen-bond donors (Lipinski definition) is 2. The summed E-state index contributed by atoms with van der Waals surface area (Å²) in [4.78, 5) is 23.6. The summed E-state index contributed by atoms with van der Waals surface area (Å²) in [6.45, 7) is 0. The van der Waals surface area contributed by atoms with E-state index in [0.29, 0.717) is 22.4 Å². The van der Waals surface area contributed by atoms with Gasteiger partial charge in [0.15, 0.2) is 0 Å². The van der Waals surface area contributed by atoms with Crippen LogP contribution in [0.3, 0.4) is 0 Å². The van der Waals surface area contributed by atoms with Gasteiger partial charge in [0.2, 0.25) is 0 Å². The van der Waals surface area contributed by atoms with Crippen molar-refractivity contribution in [2.75, 3.05) is 10.0 Å². The first-order chi connectivity index (χ1) is 18.1. The Labute approximate surface area is 228 Å². The fraction of sp³-hybridized carbons (Fsp3) is 0. The van der Waals surface area contributed by atoms with Gasteiger partial charge in [0, 0.05) is 23.4 Å². The van der Waals surface area contributed by atoms with E-state index in [0.717, 1.165) is 0 Å². The Kier molecular flexibility index (Phi) is 8.11. The number of nitrogens with zero attached hydrogens (tertiary/aromatic N) is 1. The molecule has 4 aromatic carbocycles. The number of hydrogen-bond acceptors (Lipinski definition) is 5. The molecule has 0 unspecified atom stereocenters. The second-order valence-electron chi connectivity index (χ2n) is 7.96. The third kappa shape index (κ3) is 6.38. The van der Waals surface area contributed by atoms with Crippen molar-refractivity contribution in [1.29, 1.82) is 0 Å². The van der Waals surface area contributed by atoms with Gasteiger partial charge in [-0.15, -0.1) is 0 Å². The van der Waals surface area contributed by atoms with Crippen LogP contribution in [0.15, 0.2) is 102 Å². The third-order valence-corrected chi connectivity index (χ3v) is 7.56. The van der Waals surface area contributed by atoms with Crippen molar-refractivity contribution in [2.24, 2.45) is 0 Å². The minimum atomic E-state index is -3.97. The van der Waals surface area contributed by atoms with Gasteiger partial charge in [-0.2, -0.15) is 0 Å². The maximum atomic E-state index is 13.2. The highest BCUT2D eigenvalue weighted by Crippen LogP contribution is 2.31. The van der Waals surface area contributed by atoms with Crippen molar-refractivity contribution in [1.82, 2.24) is 0 Å². The van der Waals surface area contributed by atoms with Crippen molar-refractivity contribution >= 4 is 67.8 Å². The first-order valence-corrected chi connectivity index (χ1v) is 13.3. The summed E-state index contributed by atoms with van der Waals surface area (Å²) in [6, 6.07) is 24.9. The lowest BCUT2D eigenvalue weighted by molar-refractivity contribution is -0.384. The standard InChI is InChI=1S/C27H19Cl2N3O5S/c28-24-7-4-8-25(26(24)29)31-38(36,37)22-15-11-20(12-16-22)30-27(33)23(19-5-2-1-3-6-19)17-18-9-13-21(14-10-18)32(34)35/h1-17,31H,(H,30,33)/b23-17+. The van der Waals surface area contributed by atoms with Crippen LogP contribution in [0.4, 0.5) is 17.1 Å². The van der Waals surface area contributed by atoms with Gasteiger partial charge in [0.1, 0.15) is 0 Å². The summed E-state index contributed by atoms with van der Waals surface area (Å²) >= 11 is 12.0. The lowest BCUT2D eigenvalue weighted by Gasteiger charge is -2.12. The van der Waals surface area contributed by atoms with E-state index >= 15 is 0 Å². The number of nitro benzene ring substituents is 1. The number of anilines is 2. The van der Waals surface area contributed by atoms with E-state index in [1.165, 1.54) is 42.5 Å². The third-order valence-electron chi connectivity index (χ3n) is 5.36. The number of sulfonamides is 1. The van der Waals surface area contributed by atoms with Gasteiger partial charge in [-0.25, -0.2) is 8.42 Å². The summed E-state index contributed by atoms with van der Waals surface area (Å²) in [6.07, 6.45) is 1.62. The van der Waals surface area contributed by atoms with E-state index in [9.17, 15) is 23.3 Å².